The van der Waals surface area contributed by atoms with Crippen molar-refractivity contribution in [2.45, 2.75) is 0 Å². The van der Waals surface area contributed by atoms with Gasteiger partial charge in [-0.15, -0.1) is 0 Å². The van der Waals surface area contributed by atoms with E-state index < -0.39 is 4.92 Å². The summed E-state index contributed by atoms with van der Waals surface area (Å²) in [6, 6.07) is 17.0. The van der Waals surface area contributed by atoms with Crippen LogP contribution >= 0.6 is 23.2 Å². The molecular formula is C18H11Cl2NO3. The van der Waals surface area contributed by atoms with Crippen LogP contribution in [-0.4, -0.2) is 4.92 Å². The molecule has 3 aromatic rings. The Balaban J connectivity index is 2.00. The van der Waals surface area contributed by atoms with Gasteiger partial charge in [-0.25, -0.2) is 0 Å². The van der Waals surface area contributed by atoms with Crippen LogP contribution in [0.5, 0.6) is 0 Å². The summed E-state index contributed by atoms with van der Waals surface area (Å²) in [6.45, 7) is 0. The van der Waals surface area contributed by atoms with Gasteiger partial charge < -0.3 is 4.42 Å². The number of nitro groups is 1. The van der Waals surface area contributed by atoms with Crippen molar-refractivity contribution in [1.29, 1.82) is 0 Å². The van der Waals surface area contributed by atoms with Crippen molar-refractivity contribution < 1.29 is 9.34 Å². The summed E-state index contributed by atoms with van der Waals surface area (Å²) >= 11 is 12.1. The summed E-state index contributed by atoms with van der Waals surface area (Å²) < 4.78 is 5.68. The highest BCUT2D eigenvalue weighted by Crippen LogP contribution is 2.32. The van der Waals surface area contributed by atoms with Crippen LogP contribution in [0.3, 0.4) is 0 Å². The third-order valence-electron chi connectivity index (χ3n) is 3.37. The lowest BCUT2D eigenvalue weighted by Gasteiger charge is -2.01. The maximum absolute atomic E-state index is 11.3. The van der Waals surface area contributed by atoms with Gasteiger partial charge in [0.1, 0.15) is 11.5 Å². The molecule has 1 heterocycles. The van der Waals surface area contributed by atoms with Gasteiger partial charge in [0.25, 0.3) is 5.70 Å². The maximum Gasteiger partial charge on any atom is 0.280 e. The molecule has 0 aliphatic rings. The minimum absolute atomic E-state index is 0.0475. The zero-order chi connectivity index (χ0) is 17.1. The highest BCUT2D eigenvalue weighted by Gasteiger charge is 2.16. The van der Waals surface area contributed by atoms with E-state index in [0.717, 1.165) is 0 Å². The summed E-state index contributed by atoms with van der Waals surface area (Å²) in [6.07, 6.45) is 1.39. The van der Waals surface area contributed by atoms with Gasteiger partial charge >= 0.3 is 0 Å². The fraction of sp³-hybridized carbons (Fsp3) is 0. The number of halogens is 2. The Labute approximate surface area is 148 Å². The Bertz CT molecular complexity index is 917. The quantitative estimate of drug-likeness (QED) is 0.422. The van der Waals surface area contributed by atoms with Crippen LogP contribution in [0, 0.1) is 10.1 Å². The molecule has 0 atom stereocenters. The lowest BCUT2D eigenvalue weighted by Crippen LogP contribution is -1.97. The number of nitrogens with zero attached hydrogens (tertiary/aromatic N) is 1. The number of benzene rings is 2. The molecule has 6 heteroatoms. The van der Waals surface area contributed by atoms with Crippen molar-refractivity contribution in [3.63, 3.8) is 0 Å². The van der Waals surface area contributed by atoms with Gasteiger partial charge in [0.05, 0.1) is 21.6 Å². The van der Waals surface area contributed by atoms with Crippen molar-refractivity contribution in [3.8, 4) is 11.3 Å². The second kappa shape index (κ2) is 6.91. The average Bonchev–Trinajstić information content (AvgIpc) is 3.04. The van der Waals surface area contributed by atoms with E-state index >= 15 is 0 Å². The Morgan fingerprint density at radius 3 is 2.50 bits per heavy atom. The Hall–Kier alpha value is -2.56. The summed E-state index contributed by atoms with van der Waals surface area (Å²) in [5, 5.41) is 12.4. The lowest BCUT2D eigenvalue weighted by atomic mass is 10.1. The van der Waals surface area contributed by atoms with Gasteiger partial charge in [-0.2, -0.15) is 0 Å². The predicted octanol–water partition coefficient (Wildman–Crippen LogP) is 6.03. The molecule has 0 saturated heterocycles. The molecule has 1 aromatic heterocycles. The maximum atomic E-state index is 11.3. The standard InChI is InChI=1S/C18H11Cl2NO3/c19-13-6-8-16(20)15(10-13)18-9-7-14(24-18)11-17(21(22)23)12-4-2-1-3-5-12/h1-11H/b17-11-. The monoisotopic (exact) mass is 359 g/mol. The molecule has 0 aliphatic carbocycles. The lowest BCUT2D eigenvalue weighted by molar-refractivity contribution is -0.374. The van der Waals surface area contributed by atoms with Gasteiger partial charge in [0.2, 0.25) is 0 Å². The second-order valence-corrected chi connectivity index (χ2v) is 5.82. The first-order valence-corrected chi connectivity index (χ1v) is 7.77. The molecule has 120 valence electrons. The van der Waals surface area contributed by atoms with E-state index in [1.165, 1.54) is 6.08 Å². The second-order valence-electron chi connectivity index (χ2n) is 4.98. The van der Waals surface area contributed by atoms with Gasteiger partial charge in [0.15, 0.2) is 0 Å². The molecule has 3 rings (SSSR count). The minimum Gasteiger partial charge on any atom is -0.456 e. The summed E-state index contributed by atoms with van der Waals surface area (Å²) in [7, 11) is 0. The fourth-order valence-electron chi connectivity index (χ4n) is 2.25. The number of hydrogen-bond acceptors (Lipinski definition) is 3. The fourth-order valence-corrected chi connectivity index (χ4v) is 2.63. The van der Waals surface area contributed by atoms with Gasteiger partial charge in [-0.1, -0.05) is 41.4 Å². The zero-order valence-corrected chi connectivity index (χ0v) is 13.8. The van der Waals surface area contributed by atoms with Crippen LogP contribution in [0.15, 0.2) is 65.1 Å². The SMILES string of the molecule is O=[N+]([O-])/C(=C\c1ccc(-c2cc(Cl)ccc2Cl)o1)c1ccccc1. The van der Waals surface area contributed by atoms with Gasteiger partial charge in [-0.05, 0) is 42.5 Å². The molecule has 0 spiro atoms. The van der Waals surface area contributed by atoms with E-state index in [0.29, 0.717) is 32.7 Å². The summed E-state index contributed by atoms with van der Waals surface area (Å²) in [5.74, 6) is 0.848. The molecule has 0 saturated carbocycles. The first-order valence-electron chi connectivity index (χ1n) is 7.01. The highest BCUT2D eigenvalue weighted by atomic mass is 35.5. The molecule has 0 fully saturated rings. The predicted molar refractivity (Wildman–Crippen MR) is 95.5 cm³/mol. The molecule has 0 N–H and O–H groups in total. The van der Waals surface area contributed by atoms with Crippen LogP contribution in [0.2, 0.25) is 10.0 Å². The Kier molecular flexibility index (Phi) is 4.69. The van der Waals surface area contributed by atoms with E-state index in [1.54, 1.807) is 60.7 Å². The first-order chi connectivity index (χ1) is 11.5. The molecule has 0 radical (unpaired) electrons. The summed E-state index contributed by atoms with van der Waals surface area (Å²) in [5.41, 5.74) is 1.08. The third-order valence-corrected chi connectivity index (χ3v) is 3.93. The van der Waals surface area contributed by atoms with Crippen LogP contribution in [0.4, 0.5) is 0 Å². The van der Waals surface area contributed by atoms with Crippen molar-refractivity contribution in [3.05, 3.63) is 92.1 Å². The smallest absolute Gasteiger partial charge is 0.280 e. The largest absolute Gasteiger partial charge is 0.456 e. The molecule has 0 aliphatic heterocycles. The Morgan fingerprint density at radius 2 is 1.79 bits per heavy atom. The van der Waals surface area contributed by atoms with Crippen LogP contribution in [-0.2, 0) is 0 Å². The number of hydrogen-bond donors (Lipinski definition) is 0. The van der Waals surface area contributed by atoms with Gasteiger partial charge in [-0.3, -0.25) is 10.1 Å². The number of furan rings is 1. The van der Waals surface area contributed by atoms with Crippen molar-refractivity contribution >= 4 is 35.0 Å². The zero-order valence-electron chi connectivity index (χ0n) is 12.3. The van der Waals surface area contributed by atoms with Crippen molar-refractivity contribution in [1.82, 2.24) is 0 Å². The highest BCUT2D eigenvalue weighted by molar-refractivity contribution is 6.35. The number of rotatable bonds is 4. The van der Waals surface area contributed by atoms with Crippen LogP contribution < -0.4 is 0 Å². The van der Waals surface area contributed by atoms with E-state index in [2.05, 4.69) is 0 Å². The summed E-state index contributed by atoms with van der Waals surface area (Å²) in [4.78, 5) is 10.9. The first kappa shape index (κ1) is 16.3. The van der Waals surface area contributed by atoms with E-state index in [-0.39, 0.29) is 5.70 Å². The topological polar surface area (TPSA) is 56.3 Å². The molecule has 0 unspecified atom stereocenters. The molecule has 4 nitrogen and oxygen atoms in total. The van der Waals surface area contributed by atoms with Crippen molar-refractivity contribution in [2.75, 3.05) is 0 Å². The molecule has 24 heavy (non-hydrogen) atoms. The third kappa shape index (κ3) is 3.50. The van der Waals surface area contributed by atoms with Crippen LogP contribution in [0.1, 0.15) is 11.3 Å². The molecule has 2 aromatic carbocycles. The Morgan fingerprint density at radius 1 is 1.04 bits per heavy atom. The van der Waals surface area contributed by atoms with Gasteiger partial charge in [0, 0.05) is 10.6 Å². The normalized spacial score (nSPS) is 11.5. The molecular weight excluding hydrogens is 349 g/mol. The van der Waals surface area contributed by atoms with E-state index in [9.17, 15) is 10.1 Å². The minimum atomic E-state index is -0.441. The van der Waals surface area contributed by atoms with E-state index in [4.69, 9.17) is 27.6 Å². The average molecular weight is 360 g/mol. The molecule has 0 bridgehead atoms. The van der Waals surface area contributed by atoms with E-state index in [1.807, 2.05) is 0 Å². The van der Waals surface area contributed by atoms with Crippen molar-refractivity contribution in [2.24, 2.45) is 0 Å². The van der Waals surface area contributed by atoms with Crippen LogP contribution in [0.25, 0.3) is 23.1 Å². The molecule has 0 amide bonds.